The molecule has 0 atom stereocenters. The maximum Gasteiger partial charge on any atom is 0.251 e. The predicted molar refractivity (Wildman–Crippen MR) is 81.9 cm³/mol. The molecule has 118 valence electrons. The van der Waals surface area contributed by atoms with Crippen molar-refractivity contribution < 1.29 is 17.6 Å². The minimum absolute atomic E-state index is 0.130. The maximum atomic E-state index is 12.5. The smallest absolute Gasteiger partial charge is 0.251 e. The topological polar surface area (TPSA) is 79.6 Å². The molecule has 0 saturated heterocycles. The lowest BCUT2D eigenvalue weighted by atomic mass is 10.2. The molecule has 0 aliphatic carbocycles. The van der Waals surface area contributed by atoms with E-state index < -0.39 is 10.0 Å². The second-order valence-corrected chi connectivity index (χ2v) is 6.92. The van der Waals surface area contributed by atoms with Crippen molar-refractivity contribution in [3.63, 3.8) is 0 Å². The van der Waals surface area contributed by atoms with Gasteiger partial charge in [-0.3, -0.25) is 4.79 Å². The fourth-order valence-corrected chi connectivity index (χ4v) is 3.11. The van der Waals surface area contributed by atoms with Gasteiger partial charge in [-0.25, -0.2) is 8.42 Å². The van der Waals surface area contributed by atoms with Gasteiger partial charge in [0.15, 0.2) is 0 Å². The molecule has 2 aromatic rings. The number of hydrogen-bond acceptors (Lipinski definition) is 4. The van der Waals surface area contributed by atoms with Crippen LogP contribution in [0.5, 0.6) is 0 Å². The molecule has 0 fully saturated rings. The number of sulfonamides is 1. The number of furan rings is 1. The third-order valence-electron chi connectivity index (χ3n) is 3.23. The molecule has 7 heteroatoms. The first-order valence-corrected chi connectivity index (χ1v) is 8.12. The minimum atomic E-state index is -3.64. The Morgan fingerprint density at radius 3 is 2.32 bits per heavy atom. The average Bonchev–Trinajstić information content (AvgIpc) is 2.91. The van der Waals surface area contributed by atoms with Crippen LogP contribution >= 0.6 is 0 Å². The first kappa shape index (κ1) is 16.3. The fraction of sp³-hybridized carbons (Fsp3) is 0.267. The van der Waals surface area contributed by atoms with E-state index in [-0.39, 0.29) is 17.3 Å². The van der Waals surface area contributed by atoms with Crippen molar-refractivity contribution in [3.05, 3.63) is 53.5 Å². The van der Waals surface area contributed by atoms with Gasteiger partial charge in [0.2, 0.25) is 10.0 Å². The predicted octanol–water partition coefficient (Wildman–Crippen LogP) is 1.77. The standard InChI is InChI=1S/C15H18N2O4S/c1-11-4-7-13(21-11)10-17(3)22(19,20)14-8-5-12(6-9-14)15(18)16-2/h4-9H,10H2,1-3H3,(H,16,18). The Kier molecular flexibility index (Phi) is 4.68. The van der Waals surface area contributed by atoms with Crippen molar-refractivity contribution in [2.75, 3.05) is 14.1 Å². The monoisotopic (exact) mass is 322 g/mol. The van der Waals surface area contributed by atoms with Crippen molar-refractivity contribution in [1.82, 2.24) is 9.62 Å². The van der Waals surface area contributed by atoms with Gasteiger partial charge >= 0.3 is 0 Å². The highest BCUT2D eigenvalue weighted by Gasteiger charge is 2.22. The van der Waals surface area contributed by atoms with Crippen LogP contribution in [-0.4, -0.2) is 32.7 Å². The molecule has 0 radical (unpaired) electrons. The molecule has 0 aliphatic rings. The van der Waals surface area contributed by atoms with Crippen LogP contribution in [-0.2, 0) is 16.6 Å². The average molecular weight is 322 g/mol. The van der Waals surface area contributed by atoms with Gasteiger partial charge in [-0.15, -0.1) is 0 Å². The molecular weight excluding hydrogens is 304 g/mol. The zero-order valence-corrected chi connectivity index (χ0v) is 13.5. The summed E-state index contributed by atoms with van der Waals surface area (Å²) in [5, 5.41) is 2.49. The SMILES string of the molecule is CNC(=O)c1ccc(S(=O)(=O)N(C)Cc2ccc(C)o2)cc1. The largest absolute Gasteiger partial charge is 0.465 e. The molecule has 0 spiro atoms. The Morgan fingerprint density at radius 2 is 1.82 bits per heavy atom. The molecule has 1 heterocycles. The Hall–Kier alpha value is -2.12. The van der Waals surface area contributed by atoms with E-state index in [1.165, 1.54) is 42.7 Å². The van der Waals surface area contributed by atoms with Crippen molar-refractivity contribution in [1.29, 1.82) is 0 Å². The summed E-state index contributed by atoms with van der Waals surface area (Å²) in [6, 6.07) is 9.34. The van der Waals surface area contributed by atoms with Crippen LogP contribution in [0.25, 0.3) is 0 Å². The number of aryl methyl sites for hydroxylation is 1. The molecule has 1 amide bonds. The normalized spacial score (nSPS) is 11.6. The molecule has 0 unspecified atom stereocenters. The van der Waals surface area contributed by atoms with E-state index >= 15 is 0 Å². The third kappa shape index (κ3) is 3.37. The number of rotatable bonds is 5. The van der Waals surface area contributed by atoms with E-state index in [1.807, 2.05) is 0 Å². The second-order valence-electron chi connectivity index (χ2n) is 4.88. The van der Waals surface area contributed by atoms with Crippen molar-refractivity contribution in [2.24, 2.45) is 0 Å². The first-order valence-electron chi connectivity index (χ1n) is 6.68. The highest BCUT2D eigenvalue weighted by Crippen LogP contribution is 2.18. The molecule has 0 bridgehead atoms. The summed E-state index contributed by atoms with van der Waals surface area (Å²) in [4.78, 5) is 11.6. The van der Waals surface area contributed by atoms with Crippen LogP contribution < -0.4 is 5.32 Å². The molecule has 1 aromatic carbocycles. The van der Waals surface area contributed by atoms with Crippen molar-refractivity contribution >= 4 is 15.9 Å². The summed E-state index contributed by atoms with van der Waals surface area (Å²) in [5.41, 5.74) is 0.408. The van der Waals surface area contributed by atoms with Gasteiger partial charge < -0.3 is 9.73 Å². The van der Waals surface area contributed by atoms with Crippen molar-refractivity contribution in [3.8, 4) is 0 Å². The molecule has 2 rings (SSSR count). The molecule has 1 N–H and O–H groups in total. The highest BCUT2D eigenvalue weighted by atomic mass is 32.2. The summed E-state index contributed by atoms with van der Waals surface area (Å²) < 4.78 is 31.6. The number of carbonyl (C=O) groups excluding carboxylic acids is 1. The van der Waals surface area contributed by atoms with Crippen LogP contribution in [0.4, 0.5) is 0 Å². The summed E-state index contributed by atoms with van der Waals surface area (Å²) in [6.45, 7) is 1.95. The van der Waals surface area contributed by atoms with E-state index in [0.717, 1.165) is 5.76 Å². The summed E-state index contributed by atoms with van der Waals surface area (Å²) >= 11 is 0. The van der Waals surface area contributed by atoms with Crippen LogP contribution in [0, 0.1) is 6.92 Å². The van der Waals surface area contributed by atoms with Crippen molar-refractivity contribution in [2.45, 2.75) is 18.4 Å². The highest BCUT2D eigenvalue weighted by molar-refractivity contribution is 7.89. The van der Waals surface area contributed by atoms with E-state index in [1.54, 1.807) is 19.1 Å². The molecule has 0 aliphatic heterocycles. The van der Waals surface area contributed by atoms with E-state index in [2.05, 4.69) is 5.32 Å². The Bertz CT molecular complexity index is 763. The number of amides is 1. The van der Waals surface area contributed by atoms with Crippen LogP contribution in [0.2, 0.25) is 0 Å². The maximum absolute atomic E-state index is 12.5. The van der Waals surface area contributed by atoms with E-state index in [0.29, 0.717) is 11.3 Å². The van der Waals surface area contributed by atoms with Gasteiger partial charge in [-0.05, 0) is 43.3 Å². The number of nitrogens with zero attached hydrogens (tertiary/aromatic N) is 1. The third-order valence-corrected chi connectivity index (χ3v) is 5.04. The lowest BCUT2D eigenvalue weighted by Gasteiger charge is -2.16. The number of hydrogen-bond donors (Lipinski definition) is 1. The number of nitrogens with one attached hydrogen (secondary N) is 1. The number of benzene rings is 1. The molecule has 22 heavy (non-hydrogen) atoms. The zero-order valence-electron chi connectivity index (χ0n) is 12.7. The van der Waals surface area contributed by atoms with Gasteiger partial charge in [-0.2, -0.15) is 4.31 Å². The molecule has 1 aromatic heterocycles. The van der Waals surface area contributed by atoms with Gasteiger partial charge in [-0.1, -0.05) is 0 Å². The second kappa shape index (κ2) is 6.33. The van der Waals surface area contributed by atoms with Gasteiger partial charge in [0.05, 0.1) is 11.4 Å². The lowest BCUT2D eigenvalue weighted by Crippen LogP contribution is -2.26. The first-order chi connectivity index (χ1) is 10.3. The number of carbonyl (C=O) groups is 1. The molecular formula is C15H18N2O4S. The fourth-order valence-electron chi connectivity index (χ4n) is 1.98. The zero-order chi connectivity index (χ0) is 16.3. The van der Waals surface area contributed by atoms with E-state index in [9.17, 15) is 13.2 Å². The van der Waals surface area contributed by atoms with Gasteiger partial charge in [0.1, 0.15) is 11.5 Å². The Balaban J connectivity index is 2.20. The van der Waals surface area contributed by atoms with Gasteiger partial charge in [0.25, 0.3) is 5.91 Å². The summed E-state index contributed by atoms with van der Waals surface area (Å²) in [5.74, 6) is 1.05. The molecule has 0 saturated carbocycles. The van der Waals surface area contributed by atoms with Crippen LogP contribution in [0.3, 0.4) is 0 Å². The minimum Gasteiger partial charge on any atom is -0.465 e. The Morgan fingerprint density at radius 1 is 1.18 bits per heavy atom. The van der Waals surface area contributed by atoms with E-state index in [4.69, 9.17) is 4.42 Å². The molecule has 6 nitrogen and oxygen atoms in total. The van der Waals surface area contributed by atoms with Gasteiger partial charge in [0, 0.05) is 19.7 Å². The summed E-state index contributed by atoms with van der Waals surface area (Å²) in [7, 11) is -0.630. The lowest BCUT2D eigenvalue weighted by molar-refractivity contribution is 0.0963. The van der Waals surface area contributed by atoms with Crippen LogP contribution in [0.15, 0.2) is 45.7 Å². The van der Waals surface area contributed by atoms with Crippen LogP contribution in [0.1, 0.15) is 21.9 Å². The summed E-state index contributed by atoms with van der Waals surface area (Å²) in [6.07, 6.45) is 0. The Labute approximate surface area is 129 Å². The quantitative estimate of drug-likeness (QED) is 0.910.